The maximum Gasteiger partial charge on any atom is 0.343 e. The molecule has 3 nitrogen and oxygen atoms in total. The summed E-state index contributed by atoms with van der Waals surface area (Å²) in [6.45, 7) is 0.662. The monoisotopic (exact) mass is 278 g/mol. The van der Waals surface area contributed by atoms with Crippen molar-refractivity contribution in [1.82, 2.24) is 0 Å². The Kier molecular flexibility index (Phi) is 3.61. The molecule has 0 unspecified atom stereocenters. The number of hydrogen-bond donors (Lipinski definition) is 0. The molecule has 2 aromatic rings. The van der Waals surface area contributed by atoms with Gasteiger partial charge in [0.25, 0.3) is 0 Å². The average molecular weight is 278 g/mol. The Morgan fingerprint density at radius 3 is 2.81 bits per heavy atom. The number of para-hydroxylation sites is 1. The fraction of sp³-hybridized carbons (Fsp3) is 0.167. The van der Waals surface area contributed by atoms with Gasteiger partial charge in [-0.25, -0.2) is 4.79 Å². The summed E-state index contributed by atoms with van der Waals surface area (Å²) >= 11 is 0. The third-order valence-corrected chi connectivity index (χ3v) is 3.35. The molecule has 0 aromatic heterocycles. The van der Waals surface area contributed by atoms with E-state index in [4.69, 9.17) is 15.9 Å². The molecule has 0 N–H and O–H groups in total. The van der Waals surface area contributed by atoms with Crippen molar-refractivity contribution < 1.29 is 14.3 Å². The van der Waals surface area contributed by atoms with Crippen molar-refractivity contribution in [2.45, 2.75) is 12.8 Å². The highest BCUT2D eigenvalue weighted by atomic mass is 16.5. The molecule has 0 bridgehead atoms. The summed E-state index contributed by atoms with van der Waals surface area (Å²) in [5, 5.41) is 0. The van der Waals surface area contributed by atoms with E-state index in [1.165, 1.54) is 0 Å². The molecule has 21 heavy (non-hydrogen) atoms. The Bertz CT molecular complexity index is 711. The van der Waals surface area contributed by atoms with Crippen LogP contribution in [-0.2, 0) is 6.42 Å². The third kappa shape index (κ3) is 2.75. The summed E-state index contributed by atoms with van der Waals surface area (Å²) in [5.41, 5.74) is 2.03. The van der Waals surface area contributed by atoms with Gasteiger partial charge in [-0.05, 0) is 42.7 Å². The van der Waals surface area contributed by atoms with Crippen LogP contribution in [-0.4, -0.2) is 12.6 Å². The number of terminal acetylenes is 1. The molecule has 0 radical (unpaired) electrons. The van der Waals surface area contributed by atoms with Crippen LogP contribution in [0.2, 0.25) is 0 Å². The highest BCUT2D eigenvalue weighted by Gasteiger charge is 2.19. The zero-order valence-corrected chi connectivity index (χ0v) is 11.5. The smallest absolute Gasteiger partial charge is 0.343 e. The molecule has 0 amide bonds. The molecule has 3 rings (SSSR count). The second kappa shape index (κ2) is 5.72. The normalized spacial score (nSPS) is 12.7. The van der Waals surface area contributed by atoms with Crippen LogP contribution < -0.4 is 9.47 Å². The second-order valence-corrected chi connectivity index (χ2v) is 4.81. The summed E-state index contributed by atoms with van der Waals surface area (Å²) < 4.78 is 10.9. The number of esters is 1. The molecule has 0 spiro atoms. The summed E-state index contributed by atoms with van der Waals surface area (Å²) in [4.78, 5) is 12.2. The van der Waals surface area contributed by atoms with E-state index in [9.17, 15) is 4.79 Å². The van der Waals surface area contributed by atoms with Crippen LogP contribution in [0, 0.1) is 12.3 Å². The first-order valence-corrected chi connectivity index (χ1v) is 6.81. The van der Waals surface area contributed by atoms with Gasteiger partial charge in [0.2, 0.25) is 0 Å². The fourth-order valence-corrected chi connectivity index (χ4v) is 2.36. The maximum atomic E-state index is 12.2. The SMILES string of the molecule is C#Cc1cc(C(=O)Oc2ccccc2)cc2c1OCCC2. The molecular weight excluding hydrogens is 264 g/mol. The zero-order chi connectivity index (χ0) is 14.7. The van der Waals surface area contributed by atoms with E-state index in [-0.39, 0.29) is 0 Å². The minimum Gasteiger partial charge on any atom is -0.492 e. The number of ether oxygens (including phenoxy) is 2. The lowest BCUT2D eigenvalue weighted by Crippen LogP contribution is -2.14. The van der Waals surface area contributed by atoms with Crippen molar-refractivity contribution in [1.29, 1.82) is 0 Å². The first-order chi connectivity index (χ1) is 10.3. The van der Waals surface area contributed by atoms with Gasteiger partial charge in [0.1, 0.15) is 11.5 Å². The van der Waals surface area contributed by atoms with Crippen molar-refractivity contribution in [3.8, 4) is 23.8 Å². The van der Waals surface area contributed by atoms with Crippen molar-refractivity contribution in [3.05, 3.63) is 59.2 Å². The van der Waals surface area contributed by atoms with E-state index in [0.717, 1.165) is 24.2 Å². The molecule has 1 aliphatic rings. The average Bonchev–Trinajstić information content (AvgIpc) is 2.54. The first-order valence-electron chi connectivity index (χ1n) is 6.81. The van der Waals surface area contributed by atoms with Gasteiger partial charge in [0.15, 0.2) is 0 Å². The number of rotatable bonds is 2. The van der Waals surface area contributed by atoms with E-state index in [0.29, 0.717) is 23.5 Å². The largest absolute Gasteiger partial charge is 0.492 e. The fourth-order valence-electron chi connectivity index (χ4n) is 2.36. The Labute approximate surface area is 123 Å². The van der Waals surface area contributed by atoms with Crippen LogP contribution in [0.15, 0.2) is 42.5 Å². The zero-order valence-electron chi connectivity index (χ0n) is 11.5. The van der Waals surface area contributed by atoms with Crippen LogP contribution in [0.25, 0.3) is 0 Å². The Morgan fingerprint density at radius 2 is 2.05 bits per heavy atom. The summed E-state index contributed by atoms with van der Waals surface area (Å²) in [6, 6.07) is 12.4. The second-order valence-electron chi connectivity index (χ2n) is 4.81. The molecule has 0 aliphatic carbocycles. The number of hydrogen-bond acceptors (Lipinski definition) is 3. The molecule has 2 aromatic carbocycles. The highest BCUT2D eigenvalue weighted by Crippen LogP contribution is 2.30. The van der Waals surface area contributed by atoms with E-state index in [1.54, 1.807) is 24.3 Å². The predicted molar refractivity (Wildman–Crippen MR) is 79.6 cm³/mol. The molecule has 1 aliphatic heterocycles. The number of aryl methyl sites for hydroxylation is 1. The van der Waals surface area contributed by atoms with Gasteiger partial charge in [-0.1, -0.05) is 24.1 Å². The van der Waals surface area contributed by atoms with E-state index >= 15 is 0 Å². The Balaban J connectivity index is 1.92. The predicted octanol–water partition coefficient (Wildman–Crippen LogP) is 3.21. The minimum atomic E-state index is -0.411. The van der Waals surface area contributed by atoms with Gasteiger partial charge in [0, 0.05) is 0 Å². The van der Waals surface area contributed by atoms with Gasteiger partial charge in [-0.3, -0.25) is 0 Å². The van der Waals surface area contributed by atoms with Gasteiger partial charge in [-0.2, -0.15) is 0 Å². The molecule has 3 heteroatoms. The standard InChI is InChI=1S/C18H14O3/c1-2-13-11-15(12-14-7-6-10-20-17(13)14)18(19)21-16-8-4-3-5-9-16/h1,3-5,8-9,11-12H,6-7,10H2. The lowest BCUT2D eigenvalue weighted by atomic mass is 9.99. The molecule has 0 atom stereocenters. The van der Waals surface area contributed by atoms with Gasteiger partial charge >= 0.3 is 5.97 Å². The molecule has 104 valence electrons. The van der Waals surface area contributed by atoms with Crippen LogP contribution in [0.3, 0.4) is 0 Å². The first kappa shape index (κ1) is 13.3. The Morgan fingerprint density at radius 1 is 1.24 bits per heavy atom. The van der Waals surface area contributed by atoms with Crippen LogP contribution >= 0.6 is 0 Å². The van der Waals surface area contributed by atoms with Gasteiger partial charge in [-0.15, -0.1) is 6.42 Å². The highest BCUT2D eigenvalue weighted by molar-refractivity contribution is 5.92. The molecule has 0 saturated carbocycles. The Hall–Kier alpha value is -2.73. The quantitative estimate of drug-likeness (QED) is 0.481. The maximum absolute atomic E-state index is 12.2. The number of carbonyl (C=O) groups excluding carboxylic acids is 1. The summed E-state index contributed by atoms with van der Waals surface area (Å²) in [6.07, 6.45) is 7.30. The lowest BCUT2D eigenvalue weighted by molar-refractivity contribution is 0.0734. The van der Waals surface area contributed by atoms with Crippen LogP contribution in [0.1, 0.15) is 27.9 Å². The third-order valence-electron chi connectivity index (χ3n) is 3.35. The summed E-state index contributed by atoms with van der Waals surface area (Å²) in [7, 11) is 0. The molecule has 1 heterocycles. The van der Waals surface area contributed by atoms with Gasteiger partial charge in [0.05, 0.1) is 17.7 Å². The van der Waals surface area contributed by atoms with Crippen molar-refractivity contribution >= 4 is 5.97 Å². The van der Waals surface area contributed by atoms with Crippen molar-refractivity contribution in [3.63, 3.8) is 0 Å². The van der Waals surface area contributed by atoms with Crippen LogP contribution in [0.5, 0.6) is 11.5 Å². The van der Waals surface area contributed by atoms with E-state index in [2.05, 4.69) is 5.92 Å². The van der Waals surface area contributed by atoms with Gasteiger partial charge < -0.3 is 9.47 Å². The lowest BCUT2D eigenvalue weighted by Gasteiger charge is -2.19. The van der Waals surface area contributed by atoms with Crippen LogP contribution in [0.4, 0.5) is 0 Å². The number of fused-ring (bicyclic) bond motifs is 1. The van der Waals surface area contributed by atoms with Crippen molar-refractivity contribution in [2.24, 2.45) is 0 Å². The molecular formula is C18H14O3. The number of carbonyl (C=O) groups is 1. The topological polar surface area (TPSA) is 35.5 Å². The van der Waals surface area contributed by atoms with Crippen molar-refractivity contribution in [2.75, 3.05) is 6.61 Å². The minimum absolute atomic E-state index is 0.411. The summed E-state index contributed by atoms with van der Waals surface area (Å²) in [5.74, 6) is 3.41. The van der Waals surface area contributed by atoms with E-state index < -0.39 is 5.97 Å². The molecule has 0 fully saturated rings. The number of benzene rings is 2. The molecule has 0 saturated heterocycles. The van der Waals surface area contributed by atoms with E-state index in [1.807, 2.05) is 18.2 Å².